The number of aryl methyl sites for hydroxylation is 2. The maximum atomic E-state index is 14.8. The van der Waals surface area contributed by atoms with E-state index in [0.717, 1.165) is 57.1 Å². The molecule has 3 aliphatic carbocycles. The normalized spacial score (nSPS) is 31.1. The van der Waals surface area contributed by atoms with Gasteiger partial charge in [-0.15, -0.1) is 0 Å². The van der Waals surface area contributed by atoms with Crippen molar-refractivity contribution in [2.75, 3.05) is 6.54 Å². The molecule has 1 aromatic carbocycles. The number of sulfonamides is 1. The summed E-state index contributed by atoms with van der Waals surface area (Å²) in [4.78, 5) is 62.9. The first-order chi connectivity index (χ1) is 26.6. The van der Waals surface area contributed by atoms with Gasteiger partial charge in [-0.1, -0.05) is 25.0 Å². The van der Waals surface area contributed by atoms with Crippen LogP contribution in [0.25, 0.3) is 10.9 Å². The van der Waals surface area contributed by atoms with Crippen LogP contribution in [0.3, 0.4) is 0 Å². The Morgan fingerprint density at radius 1 is 1.02 bits per heavy atom. The zero-order valence-electron chi connectivity index (χ0n) is 32.2. The van der Waals surface area contributed by atoms with E-state index in [0.29, 0.717) is 72.9 Å². The van der Waals surface area contributed by atoms with Gasteiger partial charge in [-0.3, -0.25) is 23.9 Å². The van der Waals surface area contributed by atoms with Gasteiger partial charge in [0, 0.05) is 35.8 Å². The summed E-state index contributed by atoms with van der Waals surface area (Å²) in [5.74, 6) is -4.56. The number of ketones is 1. The predicted octanol–water partition coefficient (Wildman–Crippen LogP) is 6.46. The molecule has 4 fully saturated rings. The molecule has 1 N–H and O–H groups in total. The van der Waals surface area contributed by atoms with E-state index in [2.05, 4.69) is 9.71 Å². The second-order valence-corrected chi connectivity index (χ2v) is 19.8. The average Bonchev–Trinajstić information content (AvgIpc) is 3.94. The molecule has 1 spiro atoms. The first-order valence-electron chi connectivity index (χ1n) is 20.4. The van der Waals surface area contributed by atoms with Gasteiger partial charge in [0.2, 0.25) is 21.8 Å². The van der Waals surface area contributed by atoms with Crippen LogP contribution < -0.4 is 9.46 Å². The number of nitrogens with one attached hydrogen (secondary N) is 1. The summed E-state index contributed by atoms with van der Waals surface area (Å²) in [7, 11) is -3.97. The van der Waals surface area contributed by atoms with Gasteiger partial charge in [-0.05, 0) is 103 Å². The van der Waals surface area contributed by atoms with Gasteiger partial charge in [0.05, 0.1) is 40.4 Å². The van der Waals surface area contributed by atoms with E-state index in [-0.39, 0.29) is 49.5 Å². The number of carbonyl (C=O) groups is 4. The highest BCUT2D eigenvalue weighted by Crippen LogP contribution is 2.58. The highest BCUT2D eigenvalue weighted by Gasteiger charge is 2.63. The molecule has 11 nitrogen and oxygen atoms in total. The highest BCUT2D eigenvalue weighted by molar-refractivity contribution is 7.91. The van der Waals surface area contributed by atoms with Crippen LogP contribution in [0, 0.1) is 35.8 Å². The first kappa shape index (κ1) is 38.9. The molecule has 1 saturated heterocycles. The molecule has 6 aliphatic rings. The Morgan fingerprint density at radius 2 is 1.75 bits per heavy atom. The van der Waals surface area contributed by atoms with E-state index >= 15 is 0 Å². The monoisotopic (exact) mass is 795 g/mol. The number of halogens is 2. The van der Waals surface area contributed by atoms with E-state index in [9.17, 15) is 36.4 Å². The summed E-state index contributed by atoms with van der Waals surface area (Å²) in [5, 5.41) is 0.427. The Balaban J connectivity index is 1.13. The lowest BCUT2D eigenvalue weighted by Gasteiger charge is -2.36. The molecule has 56 heavy (non-hydrogen) atoms. The summed E-state index contributed by atoms with van der Waals surface area (Å²) >= 11 is 0. The Kier molecular flexibility index (Phi) is 10.0. The molecule has 0 radical (unpaired) electrons. The SMILES string of the molecule is Cc1nc2cc(F)c(F)cc2c2c1O[C@]1(CC2)C[C@H]2C(=O)C[C@]3(C(=O)NS(=O)(=O)C4(C)CC4)C[C@H]3/C=C\CCCCC[C@H](CC(=O)OC3CCCC3)C(=O)N2C1. The van der Waals surface area contributed by atoms with Gasteiger partial charge in [-0.25, -0.2) is 22.2 Å². The molecule has 14 heteroatoms. The zero-order valence-corrected chi connectivity index (χ0v) is 33.0. The number of amides is 2. The van der Waals surface area contributed by atoms with E-state index in [4.69, 9.17) is 9.47 Å². The van der Waals surface area contributed by atoms with Crippen molar-refractivity contribution in [2.45, 2.75) is 145 Å². The van der Waals surface area contributed by atoms with Crippen molar-refractivity contribution in [1.29, 1.82) is 0 Å². The van der Waals surface area contributed by atoms with Crippen LogP contribution in [-0.4, -0.2) is 70.9 Å². The van der Waals surface area contributed by atoms with Crippen molar-refractivity contribution in [2.24, 2.45) is 17.3 Å². The number of rotatable bonds is 6. The molecule has 1 aromatic heterocycles. The van der Waals surface area contributed by atoms with Gasteiger partial charge in [0.1, 0.15) is 17.5 Å². The van der Waals surface area contributed by atoms with Crippen LogP contribution in [0.15, 0.2) is 24.3 Å². The second kappa shape index (κ2) is 14.5. The Labute approximate surface area is 326 Å². The van der Waals surface area contributed by atoms with Gasteiger partial charge >= 0.3 is 5.97 Å². The number of hydrogen-bond acceptors (Lipinski definition) is 9. The maximum Gasteiger partial charge on any atom is 0.306 e. The molecule has 0 bridgehead atoms. The number of ether oxygens (including phenoxy) is 2. The number of hydrogen-bond donors (Lipinski definition) is 1. The summed E-state index contributed by atoms with van der Waals surface area (Å²) in [6, 6.07) is 1.16. The number of esters is 1. The maximum absolute atomic E-state index is 14.8. The third-order valence-corrected chi connectivity index (χ3v) is 15.7. The number of nitrogens with zero attached hydrogens (tertiary/aromatic N) is 2. The number of pyridine rings is 1. The molecular weight excluding hydrogens is 745 g/mol. The molecule has 3 saturated carbocycles. The van der Waals surface area contributed by atoms with Crippen molar-refractivity contribution < 1.29 is 45.9 Å². The van der Waals surface area contributed by atoms with Crippen molar-refractivity contribution in [3.63, 3.8) is 0 Å². The van der Waals surface area contributed by atoms with Crippen LogP contribution in [-0.2, 0) is 40.4 Å². The molecule has 3 aliphatic heterocycles. The fourth-order valence-corrected chi connectivity index (χ4v) is 10.9. The molecule has 4 heterocycles. The van der Waals surface area contributed by atoms with E-state index in [1.807, 2.05) is 12.2 Å². The number of aromatic nitrogens is 1. The fraction of sp³-hybridized carbons (Fsp3) is 0.643. The largest absolute Gasteiger partial charge is 0.483 e. The van der Waals surface area contributed by atoms with E-state index in [1.165, 1.54) is 4.90 Å². The molecule has 302 valence electrons. The first-order valence-corrected chi connectivity index (χ1v) is 21.8. The van der Waals surface area contributed by atoms with Crippen molar-refractivity contribution >= 4 is 44.5 Å². The van der Waals surface area contributed by atoms with Crippen molar-refractivity contribution in [1.82, 2.24) is 14.6 Å². The molecule has 0 unspecified atom stereocenters. The van der Waals surface area contributed by atoms with Gasteiger partial charge < -0.3 is 14.4 Å². The van der Waals surface area contributed by atoms with Gasteiger partial charge in [0.15, 0.2) is 17.4 Å². The Bertz CT molecular complexity index is 2120. The van der Waals surface area contributed by atoms with E-state index in [1.54, 1.807) is 13.8 Å². The van der Waals surface area contributed by atoms with Crippen molar-refractivity contribution in [3.8, 4) is 5.75 Å². The van der Waals surface area contributed by atoms with Crippen LogP contribution in [0.1, 0.15) is 121 Å². The second-order valence-electron chi connectivity index (χ2n) is 17.6. The minimum absolute atomic E-state index is 0.0281. The number of fused-ring (bicyclic) bond motifs is 5. The fourth-order valence-electron chi connectivity index (χ4n) is 9.60. The lowest BCUT2D eigenvalue weighted by atomic mass is 9.85. The molecular formula is C42H51F2N3O8S. The lowest BCUT2D eigenvalue weighted by molar-refractivity contribution is -0.154. The zero-order chi connectivity index (χ0) is 39.6. The molecule has 5 atom stereocenters. The number of allylic oxidation sites excluding steroid dienone is 2. The molecule has 2 amide bonds. The predicted molar refractivity (Wildman–Crippen MR) is 202 cm³/mol. The topological polar surface area (TPSA) is 149 Å². The third kappa shape index (κ3) is 7.23. The van der Waals surface area contributed by atoms with Crippen LogP contribution in [0.2, 0.25) is 0 Å². The quantitative estimate of drug-likeness (QED) is 0.257. The average molecular weight is 796 g/mol. The summed E-state index contributed by atoms with van der Waals surface area (Å²) in [6.07, 6.45) is 12.4. The molecule has 2 aromatic rings. The Hall–Kier alpha value is -3.94. The number of carbonyl (C=O) groups excluding carboxylic acids is 4. The van der Waals surface area contributed by atoms with Crippen molar-refractivity contribution in [3.05, 3.63) is 47.2 Å². The smallest absolute Gasteiger partial charge is 0.306 e. The summed E-state index contributed by atoms with van der Waals surface area (Å²) < 4.78 is 69.0. The van der Waals surface area contributed by atoms with Crippen LogP contribution in [0.4, 0.5) is 8.78 Å². The van der Waals surface area contributed by atoms with Crippen LogP contribution in [0.5, 0.6) is 5.75 Å². The summed E-state index contributed by atoms with van der Waals surface area (Å²) in [5.41, 5.74) is -0.920. The highest BCUT2D eigenvalue weighted by atomic mass is 32.2. The van der Waals surface area contributed by atoms with Gasteiger partial charge in [-0.2, -0.15) is 0 Å². The van der Waals surface area contributed by atoms with E-state index < -0.39 is 61.3 Å². The minimum atomic E-state index is -3.97. The number of benzene rings is 1. The third-order valence-electron chi connectivity index (χ3n) is 13.5. The lowest BCUT2D eigenvalue weighted by Crippen LogP contribution is -2.48. The van der Waals surface area contributed by atoms with Crippen LogP contribution >= 0.6 is 0 Å². The molecule has 8 rings (SSSR count). The minimum Gasteiger partial charge on any atom is -0.483 e. The Morgan fingerprint density at radius 3 is 2.50 bits per heavy atom. The van der Waals surface area contributed by atoms with Gasteiger partial charge in [0.25, 0.3) is 0 Å². The summed E-state index contributed by atoms with van der Waals surface area (Å²) in [6.45, 7) is 3.35. The standard InChI is InChI=1S/C42H51F2N3O8S/c1-25-37-29(30-19-31(43)32(44)20-33(30)45-25)14-15-41(55-37)22-34-35(48)23-42(39(51)46-56(52,53)40(2)16-17-40)21-27(42)11-7-5-3-4-6-10-26(38(50)47(34)24-41)18-36(49)54-28-12-8-9-13-28/h7,11,19-20,26-28,34H,3-6,8-10,12-18,21-24H2,1-2H3,(H,46,51)/b11-7-/t26-,27-,34+,41-,42-/m1/s1. The number of Topliss-reactive ketones (excluding diaryl/α,β-unsaturated/α-hetero) is 1.